The summed E-state index contributed by atoms with van der Waals surface area (Å²) in [6.07, 6.45) is 0. The minimum absolute atomic E-state index is 0.165. The second-order valence-corrected chi connectivity index (χ2v) is 3.87. The van der Waals surface area contributed by atoms with Gasteiger partial charge in [0.15, 0.2) is 0 Å². The highest BCUT2D eigenvalue weighted by atomic mass is 16.3. The predicted octanol–water partition coefficient (Wildman–Crippen LogP) is 0.919. The Hall–Kier alpha value is -0.900. The Balaban J connectivity index is 2.82. The summed E-state index contributed by atoms with van der Waals surface area (Å²) in [6.45, 7) is 3.46. The third-order valence-electron chi connectivity index (χ3n) is 2.63. The molecule has 1 aromatic carbocycles. The van der Waals surface area contributed by atoms with Crippen molar-refractivity contribution in [1.29, 1.82) is 0 Å². The Morgan fingerprint density at radius 3 is 2.73 bits per heavy atom. The molecule has 15 heavy (non-hydrogen) atoms. The second kappa shape index (κ2) is 5.85. The zero-order valence-electron chi connectivity index (χ0n) is 9.48. The van der Waals surface area contributed by atoms with Crippen LogP contribution in [0.3, 0.4) is 0 Å². The molecule has 3 nitrogen and oxygen atoms in total. The standard InChI is InChI=1S/C12H20N2O/c1-10-4-3-5-11(8-10)12(9-13)14(2)6-7-15/h3-5,8,12,15H,6-7,9,13H2,1-2H3. The first kappa shape index (κ1) is 12.2. The van der Waals surface area contributed by atoms with Crippen molar-refractivity contribution in [3.8, 4) is 0 Å². The highest BCUT2D eigenvalue weighted by Gasteiger charge is 2.14. The van der Waals surface area contributed by atoms with Gasteiger partial charge in [0, 0.05) is 19.1 Å². The van der Waals surface area contributed by atoms with Crippen LogP contribution in [0.4, 0.5) is 0 Å². The van der Waals surface area contributed by atoms with E-state index < -0.39 is 0 Å². The van der Waals surface area contributed by atoms with Gasteiger partial charge in [-0.15, -0.1) is 0 Å². The summed E-state index contributed by atoms with van der Waals surface area (Å²) < 4.78 is 0. The lowest BCUT2D eigenvalue weighted by Crippen LogP contribution is -2.32. The van der Waals surface area contributed by atoms with E-state index in [1.165, 1.54) is 11.1 Å². The normalized spacial score (nSPS) is 13.1. The number of aliphatic hydroxyl groups is 1. The Kier molecular flexibility index (Phi) is 4.75. The van der Waals surface area contributed by atoms with Gasteiger partial charge in [0.25, 0.3) is 0 Å². The highest BCUT2D eigenvalue weighted by molar-refractivity contribution is 5.25. The van der Waals surface area contributed by atoms with Gasteiger partial charge in [-0.05, 0) is 19.5 Å². The summed E-state index contributed by atoms with van der Waals surface area (Å²) in [6, 6.07) is 8.53. The smallest absolute Gasteiger partial charge is 0.0558 e. The Morgan fingerprint density at radius 1 is 1.47 bits per heavy atom. The van der Waals surface area contributed by atoms with Crippen molar-refractivity contribution in [3.63, 3.8) is 0 Å². The number of nitrogens with zero attached hydrogens (tertiary/aromatic N) is 1. The maximum absolute atomic E-state index is 8.90. The first-order valence-electron chi connectivity index (χ1n) is 5.26. The van der Waals surface area contributed by atoms with Gasteiger partial charge in [-0.3, -0.25) is 4.90 Å². The predicted molar refractivity (Wildman–Crippen MR) is 62.7 cm³/mol. The van der Waals surface area contributed by atoms with Crippen molar-refractivity contribution in [3.05, 3.63) is 35.4 Å². The molecule has 0 fully saturated rings. The number of rotatable bonds is 5. The molecule has 0 saturated heterocycles. The molecule has 0 aromatic heterocycles. The minimum Gasteiger partial charge on any atom is -0.395 e. The third-order valence-corrected chi connectivity index (χ3v) is 2.63. The number of hydrogen-bond donors (Lipinski definition) is 2. The van der Waals surface area contributed by atoms with E-state index >= 15 is 0 Å². The molecule has 0 heterocycles. The molecule has 0 aliphatic heterocycles. The number of aliphatic hydroxyl groups excluding tert-OH is 1. The van der Waals surface area contributed by atoms with Crippen molar-refractivity contribution in [2.24, 2.45) is 5.73 Å². The summed E-state index contributed by atoms with van der Waals surface area (Å²) >= 11 is 0. The molecular formula is C12H20N2O. The van der Waals surface area contributed by atoms with E-state index in [1.54, 1.807) is 0 Å². The van der Waals surface area contributed by atoms with Gasteiger partial charge in [0.2, 0.25) is 0 Å². The van der Waals surface area contributed by atoms with Crippen molar-refractivity contribution in [2.45, 2.75) is 13.0 Å². The largest absolute Gasteiger partial charge is 0.395 e. The van der Waals surface area contributed by atoms with Gasteiger partial charge in [-0.2, -0.15) is 0 Å². The molecule has 3 heteroatoms. The van der Waals surface area contributed by atoms with Crippen LogP contribution in [0.5, 0.6) is 0 Å². The summed E-state index contributed by atoms with van der Waals surface area (Å²) in [5, 5.41) is 8.90. The molecule has 0 saturated carbocycles. The van der Waals surface area contributed by atoms with Gasteiger partial charge in [0.05, 0.1) is 6.61 Å². The monoisotopic (exact) mass is 208 g/mol. The van der Waals surface area contributed by atoms with Gasteiger partial charge in [0.1, 0.15) is 0 Å². The second-order valence-electron chi connectivity index (χ2n) is 3.87. The van der Waals surface area contributed by atoms with Gasteiger partial charge in [-0.25, -0.2) is 0 Å². The topological polar surface area (TPSA) is 49.5 Å². The van der Waals surface area contributed by atoms with Gasteiger partial charge >= 0.3 is 0 Å². The van der Waals surface area contributed by atoms with Crippen LogP contribution >= 0.6 is 0 Å². The zero-order valence-corrected chi connectivity index (χ0v) is 9.48. The molecule has 1 atom stereocenters. The lowest BCUT2D eigenvalue weighted by molar-refractivity contribution is 0.183. The van der Waals surface area contributed by atoms with Gasteiger partial charge < -0.3 is 10.8 Å². The van der Waals surface area contributed by atoms with Crippen molar-refractivity contribution >= 4 is 0 Å². The Morgan fingerprint density at radius 2 is 2.20 bits per heavy atom. The number of hydrogen-bond acceptors (Lipinski definition) is 3. The quantitative estimate of drug-likeness (QED) is 0.756. The van der Waals surface area contributed by atoms with Crippen LogP contribution in [0, 0.1) is 6.92 Å². The average Bonchev–Trinajstić information content (AvgIpc) is 2.19. The van der Waals surface area contributed by atoms with Crippen molar-refractivity contribution in [1.82, 2.24) is 4.90 Å². The van der Waals surface area contributed by atoms with Crippen LogP contribution < -0.4 is 5.73 Å². The first-order chi connectivity index (χ1) is 7.19. The molecule has 84 valence electrons. The summed E-state index contributed by atoms with van der Waals surface area (Å²) in [5.41, 5.74) is 8.22. The first-order valence-corrected chi connectivity index (χ1v) is 5.26. The van der Waals surface area contributed by atoms with E-state index in [0.717, 1.165) is 0 Å². The number of likely N-dealkylation sites (N-methyl/N-ethyl adjacent to an activating group) is 1. The summed E-state index contributed by atoms with van der Waals surface area (Å²) in [5.74, 6) is 0. The molecule has 1 rings (SSSR count). The molecule has 0 amide bonds. The molecule has 3 N–H and O–H groups in total. The van der Waals surface area contributed by atoms with Crippen molar-refractivity contribution < 1.29 is 5.11 Å². The van der Waals surface area contributed by atoms with Crippen LogP contribution in [-0.2, 0) is 0 Å². The van der Waals surface area contributed by atoms with E-state index in [4.69, 9.17) is 10.8 Å². The highest BCUT2D eigenvalue weighted by Crippen LogP contribution is 2.18. The van der Waals surface area contributed by atoms with Crippen LogP contribution in [0.2, 0.25) is 0 Å². The fourth-order valence-corrected chi connectivity index (χ4v) is 1.76. The SMILES string of the molecule is Cc1cccc(C(CN)N(C)CCO)c1. The van der Waals surface area contributed by atoms with E-state index in [-0.39, 0.29) is 12.6 Å². The van der Waals surface area contributed by atoms with E-state index in [2.05, 4.69) is 30.0 Å². The van der Waals surface area contributed by atoms with Crippen molar-refractivity contribution in [2.75, 3.05) is 26.7 Å². The molecule has 1 unspecified atom stereocenters. The molecule has 0 radical (unpaired) electrons. The molecule has 0 bridgehead atoms. The maximum atomic E-state index is 8.90. The van der Waals surface area contributed by atoms with Crippen LogP contribution in [0.15, 0.2) is 24.3 Å². The van der Waals surface area contributed by atoms with Crippen LogP contribution in [0.1, 0.15) is 17.2 Å². The lowest BCUT2D eigenvalue weighted by atomic mass is 10.0. The summed E-state index contributed by atoms with van der Waals surface area (Å²) in [7, 11) is 1.98. The number of nitrogens with two attached hydrogens (primary N) is 1. The number of aryl methyl sites for hydroxylation is 1. The number of benzene rings is 1. The molecule has 0 aliphatic rings. The fraction of sp³-hybridized carbons (Fsp3) is 0.500. The van der Waals surface area contributed by atoms with Gasteiger partial charge in [-0.1, -0.05) is 29.8 Å². The Bertz CT molecular complexity index is 301. The third kappa shape index (κ3) is 3.30. The zero-order chi connectivity index (χ0) is 11.3. The maximum Gasteiger partial charge on any atom is 0.0558 e. The molecule has 0 aliphatic carbocycles. The summed E-state index contributed by atoms with van der Waals surface area (Å²) in [4.78, 5) is 2.08. The average molecular weight is 208 g/mol. The van der Waals surface area contributed by atoms with E-state index in [0.29, 0.717) is 13.1 Å². The van der Waals surface area contributed by atoms with E-state index in [1.807, 2.05) is 13.1 Å². The van der Waals surface area contributed by atoms with E-state index in [9.17, 15) is 0 Å². The lowest BCUT2D eigenvalue weighted by Gasteiger charge is -2.26. The fourth-order valence-electron chi connectivity index (χ4n) is 1.76. The minimum atomic E-state index is 0.165. The molecular weight excluding hydrogens is 188 g/mol. The molecule has 0 spiro atoms. The van der Waals surface area contributed by atoms with Crippen LogP contribution in [-0.4, -0.2) is 36.8 Å². The molecule has 1 aromatic rings. The Labute approximate surface area is 91.5 Å². The van der Waals surface area contributed by atoms with Crippen LogP contribution in [0.25, 0.3) is 0 Å².